The maximum absolute atomic E-state index is 12.9. The smallest absolute Gasteiger partial charge is 0.142 e. The zero-order chi connectivity index (χ0) is 13.1. The first-order chi connectivity index (χ1) is 8.56. The molecule has 0 atom stereocenters. The quantitative estimate of drug-likeness (QED) is 0.846. The highest BCUT2D eigenvalue weighted by Gasteiger charge is 2.05. The van der Waals surface area contributed by atoms with E-state index in [0.29, 0.717) is 22.0 Å². The van der Waals surface area contributed by atoms with Crippen molar-refractivity contribution in [2.24, 2.45) is 0 Å². The van der Waals surface area contributed by atoms with Crippen molar-refractivity contribution in [2.45, 2.75) is 6.61 Å². The van der Waals surface area contributed by atoms with Crippen LogP contribution in [0.3, 0.4) is 0 Å². The molecule has 0 bridgehead atoms. The Morgan fingerprint density at radius 3 is 2.67 bits per heavy atom. The topological polar surface area (TPSA) is 35.2 Å². The van der Waals surface area contributed by atoms with Gasteiger partial charge in [-0.25, -0.2) is 4.39 Å². The highest BCUT2D eigenvalue weighted by Crippen LogP contribution is 2.27. The van der Waals surface area contributed by atoms with Gasteiger partial charge in [0, 0.05) is 10.0 Å². The lowest BCUT2D eigenvalue weighted by Gasteiger charge is -2.10. The molecule has 0 aromatic heterocycles. The Balaban J connectivity index is 2.11. The minimum Gasteiger partial charge on any atom is -0.487 e. The molecular formula is C13H10BrClFNO. The van der Waals surface area contributed by atoms with E-state index in [1.165, 1.54) is 12.1 Å². The third-order valence-corrected chi connectivity index (χ3v) is 3.22. The van der Waals surface area contributed by atoms with Crippen LogP contribution in [0, 0.1) is 5.82 Å². The standard InChI is InChI=1S/C13H10BrClFNO/c14-9-2-4-13(12(17)5-9)18-7-8-1-3-10(16)6-11(8)15/h1-6H,7,17H2. The Kier molecular flexibility index (Phi) is 4.09. The van der Waals surface area contributed by atoms with Gasteiger partial charge in [-0.05, 0) is 30.3 Å². The number of rotatable bonds is 3. The third kappa shape index (κ3) is 3.15. The summed E-state index contributed by atoms with van der Waals surface area (Å²) in [6.07, 6.45) is 0. The van der Waals surface area contributed by atoms with Crippen LogP contribution in [0.2, 0.25) is 5.02 Å². The molecule has 0 spiro atoms. The Labute approximate surface area is 118 Å². The molecule has 2 N–H and O–H groups in total. The third-order valence-electron chi connectivity index (χ3n) is 2.37. The minimum absolute atomic E-state index is 0.241. The summed E-state index contributed by atoms with van der Waals surface area (Å²) in [5, 5.41) is 0.339. The van der Waals surface area contributed by atoms with E-state index in [2.05, 4.69) is 15.9 Å². The monoisotopic (exact) mass is 329 g/mol. The fraction of sp³-hybridized carbons (Fsp3) is 0.0769. The van der Waals surface area contributed by atoms with Gasteiger partial charge in [0.25, 0.3) is 0 Å². The lowest BCUT2D eigenvalue weighted by atomic mass is 10.2. The molecule has 0 fully saturated rings. The number of hydrogen-bond donors (Lipinski definition) is 1. The highest BCUT2D eigenvalue weighted by molar-refractivity contribution is 9.10. The van der Waals surface area contributed by atoms with Gasteiger partial charge in [-0.1, -0.05) is 33.6 Å². The Bertz CT molecular complexity index is 525. The van der Waals surface area contributed by atoms with Crippen molar-refractivity contribution >= 4 is 33.2 Å². The lowest BCUT2D eigenvalue weighted by molar-refractivity contribution is 0.308. The Morgan fingerprint density at radius 2 is 2.00 bits per heavy atom. The maximum atomic E-state index is 12.9. The molecule has 0 aliphatic heterocycles. The molecular weight excluding hydrogens is 321 g/mol. The molecule has 5 heteroatoms. The molecule has 94 valence electrons. The van der Waals surface area contributed by atoms with Gasteiger partial charge in [-0.2, -0.15) is 0 Å². The van der Waals surface area contributed by atoms with Gasteiger partial charge in [0.2, 0.25) is 0 Å². The van der Waals surface area contributed by atoms with E-state index in [9.17, 15) is 4.39 Å². The first kappa shape index (κ1) is 13.2. The first-order valence-corrected chi connectivity index (χ1v) is 6.35. The van der Waals surface area contributed by atoms with Crippen LogP contribution in [0.5, 0.6) is 5.75 Å². The molecule has 0 radical (unpaired) electrons. The van der Waals surface area contributed by atoms with Crippen LogP contribution in [-0.4, -0.2) is 0 Å². The van der Waals surface area contributed by atoms with E-state index < -0.39 is 0 Å². The molecule has 2 nitrogen and oxygen atoms in total. The summed E-state index contributed by atoms with van der Waals surface area (Å²) in [6, 6.07) is 9.53. The van der Waals surface area contributed by atoms with Crippen molar-refractivity contribution in [1.29, 1.82) is 0 Å². The van der Waals surface area contributed by atoms with Gasteiger partial charge in [-0.3, -0.25) is 0 Å². The molecule has 2 aromatic rings. The minimum atomic E-state index is -0.369. The highest BCUT2D eigenvalue weighted by atomic mass is 79.9. The Hall–Kier alpha value is -1.26. The van der Waals surface area contributed by atoms with Crippen LogP contribution >= 0.6 is 27.5 Å². The average Bonchev–Trinajstić information content (AvgIpc) is 2.30. The van der Waals surface area contributed by atoms with Crippen molar-refractivity contribution in [3.63, 3.8) is 0 Å². The summed E-state index contributed by atoms with van der Waals surface area (Å²) in [6.45, 7) is 0.241. The summed E-state index contributed by atoms with van der Waals surface area (Å²) in [7, 11) is 0. The molecule has 18 heavy (non-hydrogen) atoms. The van der Waals surface area contributed by atoms with Crippen molar-refractivity contribution in [1.82, 2.24) is 0 Å². The van der Waals surface area contributed by atoms with Gasteiger partial charge >= 0.3 is 0 Å². The fourth-order valence-corrected chi connectivity index (χ4v) is 2.05. The maximum Gasteiger partial charge on any atom is 0.142 e. The average molecular weight is 331 g/mol. The zero-order valence-corrected chi connectivity index (χ0v) is 11.6. The normalized spacial score (nSPS) is 10.4. The van der Waals surface area contributed by atoms with Crippen LogP contribution in [-0.2, 0) is 6.61 Å². The van der Waals surface area contributed by atoms with Crippen molar-refractivity contribution < 1.29 is 9.13 Å². The molecule has 2 rings (SSSR count). The predicted molar refractivity (Wildman–Crippen MR) is 74.3 cm³/mol. The van der Waals surface area contributed by atoms with Gasteiger partial charge < -0.3 is 10.5 Å². The zero-order valence-electron chi connectivity index (χ0n) is 9.29. The van der Waals surface area contributed by atoms with E-state index in [0.717, 1.165) is 4.47 Å². The summed E-state index contributed by atoms with van der Waals surface area (Å²) < 4.78 is 19.3. The fourth-order valence-electron chi connectivity index (χ4n) is 1.45. The van der Waals surface area contributed by atoms with Gasteiger partial charge in [0.05, 0.1) is 10.7 Å². The second-order valence-corrected chi connectivity index (χ2v) is 5.03. The molecule has 0 saturated carbocycles. The SMILES string of the molecule is Nc1cc(Br)ccc1OCc1ccc(F)cc1Cl. The molecule has 2 aromatic carbocycles. The van der Waals surface area contributed by atoms with Crippen LogP contribution < -0.4 is 10.5 Å². The summed E-state index contributed by atoms with van der Waals surface area (Å²) in [5.41, 5.74) is 7.04. The number of anilines is 1. The number of nitrogen functional groups attached to an aromatic ring is 1. The number of nitrogens with two attached hydrogens (primary N) is 1. The van der Waals surface area contributed by atoms with E-state index in [-0.39, 0.29) is 12.4 Å². The van der Waals surface area contributed by atoms with Crippen molar-refractivity contribution in [3.8, 4) is 5.75 Å². The van der Waals surface area contributed by atoms with Gasteiger partial charge in [0.15, 0.2) is 0 Å². The second-order valence-electron chi connectivity index (χ2n) is 3.71. The van der Waals surface area contributed by atoms with Crippen LogP contribution in [0.15, 0.2) is 40.9 Å². The second kappa shape index (κ2) is 5.59. The summed E-state index contributed by atoms with van der Waals surface area (Å²) in [4.78, 5) is 0. The summed E-state index contributed by atoms with van der Waals surface area (Å²) >= 11 is 9.22. The van der Waals surface area contributed by atoms with Crippen LogP contribution in [0.25, 0.3) is 0 Å². The van der Waals surface area contributed by atoms with Crippen LogP contribution in [0.4, 0.5) is 10.1 Å². The van der Waals surface area contributed by atoms with Crippen LogP contribution in [0.1, 0.15) is 5.56 Å². The summed E-state index contributed by atoms with van der Waals surface area (Å²) in [5.74, 6) is 0.200. The Morgan fingerprint density at radius 1 is 1.22 bits per heavy atom. The van der Waals surface area contributed by atoms with Crippen molar-refractivity contribution in [2.75, 3.05) is 5.73 Å². The van der Waals surface area contributed by atoms with E-state index in [4.69, 9.17) is 22.1 Å². The van der Waals surface area contributed by atoms with Crippen molar-refractivity contribution in [3.05, 3.63) is 57.3 Å². The molecule has 0 aliphatic carbocycles. The molecule has 0 unspecified atom stereocenters. The van der Waals surface area contributed by atoms with E-state index >= 15 is 0 Å². The first-order valence-electron chi connectivity index (χ1n) is 5.18. The molecule has 0 amide bonds. The van der Waals surface area contributed by atoms with E-state index in [1.807, 2.05) is 6.07 Å². The molecule has 0 saturated heterocycles. The number of hydrogen-bond acceptors (Lipinski definition) is 2. The van der Waals surface area contributed by atoms with Gasteiger partial charge in [0.1, 0.15) is 18.2 Å². The molecule has 0 heterocycles. The lowest BCUT2D eigenvalue weighted by Crippen LogP contribution is -1.99. The number of halogens is 3. The number of benzene rings is 2. The van der Waals surface area contributed by atoms with Gasteiger partial charge in [-0.15, -0.1) is 0 Å². The molecule has 0 aliphatic rings. The predicted octanol–water partition coefficient (Wildman–Crippen LogP) is 4.40. The largest absolute Gasteiger partial charge is 0.487 e. The number of ether oxygens (including phenoxy) is 1. The van der Waals surface area contributed by atoms with E-state index in [1.54, 1.807) is 18.2 Å².